The summed E-state index contributed by atoms with van der Waals surface area (Å²) in [4.78, 5) is 31.0. The highest BCUT2D eigenvalue weighted by molar-refractivity contribution is 5.92. The number of ether oxygens (including phenoxy) is 1. The first-order valence-corrected chi connectivity index (χ1v) is 13.9. The quantitative estimate of drug-likeness (QED) is 0.321. The van der Waals surface area contributed by atoms with Crippen molar-refractivity contribution in [1.82, 2.24) is 19.4 Å². The van der Waals surface area contributed by atoms with Gasteiger partial charge >= 0.3 is 5.97 Å². The number of rotatable bonds is 6. The molecular formula is C32H39N5O4. The summed E-state index contributed by atoms with van der Waals surface area (Å²) < 4.78 is 6.72. The first kappa shape index (κ1) is 29.9. The number of carbonyl (C=O) groups is 2. The lowest BCUT2D eigenvalue weighted by Gasteiger charge is -2.31. The van der Waals surface area contributed by atoms with Crippen LogP contribution in [0.2, 0.25) is 0 Å². The fraction of sp³-hybridized carbons (Fsp3) is 0.344. The van der Waals surface area contributed by atoms with Crippen LogP contribution in [-0.4, -0.2) is 83.2 Å². The van der Waals surface area contributed by atoms with Crippen molar-refractivity contribution in [2.45, 2.75) is 19.9 Å². The van der Waals surface area contributed by atoms with Crippen molar-refractivity contribution >= 4 is 34.7 Å². The molecule has 2 N–H and O–H groups in total. The summed E-state index contributed by atoms with van der Waals surface area (Å²) in [5, 5.41) is 12.3. The summed E-state index contributed by atoms with van der Waals surface area (Å²) in [7, 11) is 4.09. The molecule has 9 nitrogen and oxygen atoms in total. The van der Waals surface area contributed by atoms with Gasteiger partial charge in [-0.1, -0.05) is 29.8 Å². The number of carbonyl (C=O) groups excluding carboxylic acids is 1. The van der Waals surface area contributed by atoms with Gasteiger partial charge in [0.05, 0.1) is 23.1 Å². The number of carboxylic acid groups (broad SMARTS) is 1. The lowest BCUT2D eigenvalue weighted by molar-refractivity contribution is 0.0367. The van der Waals surface area contributed by atoms with Crippen LogP contribution >= 0.6 is 0 Å². The molecule has 0 amide bonds. The van der Waals surface area contributed by atoms with Gasteiger partial charge < -0.3 is 24.6 Å². The van der Waals surface area contributed by atoms with Gasteiger partial charge in [-0.25, -0.2) is 9.78 Å². The Morgan fingerprint density at radius 2 is 1.66 bits per heavy atom. The highest BCUT2D eigenvalue weighted by atomic mass is 16.5. The van der Waals surface area contributed by atoms with Crippen LogP contribution in [0.4, 0.5) is 11.4 Å². The van der Waals surface area contributed by atoms with E-state index in [0.29, 0.717) is 11.1 Å². The number of likely N-dealkylation sites (N-methyl/N-ethyl adjacent to an activating group) is 1. The summed E-state index contributed by atoms with van der Waals surface area (Å²) in [6, 6.07) is 20.6. The highest BCUT2D eigenvalue weighted by Crippen LogP contribution is 2.19. The molecule has 9 heteroatoms. The summed E-state index contributed by atoms with van der Waals surface area (Å²) in [5.41, 5.74) is 5.88. The Hall–Kier alpha value is -4.05. The van der Waals surface area contributed by atoms with Gasteiger partial charge in [0.2, 0.25) is 0 Å². The number of hydrogen-bond acceptors (Lipinski definition) is 7. The molecule has 4 aromatic rings. The van der Waals surface area contributed by atoms with Crippen LogP contribution in [0, 0.1) is 6.92 Å². The predicted octanol–water partition coefficient (Wildman–Crippen LogP) is 4.98. The summed E-state index contributed by atoms with van der Waals surface area (Å²) in [5.74, 6) is 0.0795. The molecule has 3 aromatic carbocycles. The van der Waals surface area contributed by atoms with Crippen molar-refractivity contribution in [2.75, 3.05) is 51.8 Å². The second-order valence-corrected chi connectivity index (χ2v) is 10.4. The summed E-state index contributed by atoms with van der Waals surface area (Å²) >= 11 is 0. The zero-order valence-corrected chi connectivity index (χ0v) is 24.0. The minimum absolute atomic E-state index is 0.302. The number of anilines is 2. The number of nitrogens with one attached hydrogen (secondary N) is 1. The molecule has 1 aromatic heterocycles. The zero-order chi connectivity index (χ0) is 29.2. The van der Waals surface area contributed by atoms with Crippen LogP contribution in [-0.2, 0) is 18.3 Å². The number of piperazine rings is 1. The average Bonchev–Trinajstić information content (AvgIpc) is 3.25. The summed E-state index contributed by atoms with van der Waals surface area (Å²) in [6.45, 7) is 9.10. The molecule has 216 valence electrons. The molecule has 41 heavy (non-hydrogen) atoms. The zero-order valence-electron chi connectivity index (χ0n) is 24.0. The van der Waals surface area contributed by atoms with Gasteiger partial charge in [0, 0.05) is 63.4 Å². The Kier molecular flexibility index (Phi) is 10.6. The molecule has 0 bridgehead atoms. The van der Waals surface area contributed by atoms with E-state index in [1.807, 2.05) is 54.1 Å². The largest absolute Gasteiger partial charge is 0.478 e. The first-order valence-electron chi connectivity index (χ1n) is 13.9. The van der Waals surface area contributed by atoms with Gasteiger partial charge in [0.25, 0.3) is 0 Å². The number of carboxylic acids is 1. The third-order valence-corrected chi connectivity index (χ3v) is 7.12. The molecule has 2 fully saturated rings. The Morgan fingerprint density at radius 1 is 0.976 bits per heavy atom. The number of hydrogen-bond donors (Lipinski definition) is 2. The molecule has 0 radical (unpaired) electrons. The second kappa shape index (κ2) is 14.5. The normalized spacial score (nSPS) is 15.1. The molecule has 0 unspecified atom stereocenters. The third kappa shape index (κ3) is 8.72. The maximum atomic E-state index is 11.1. The fourth-order valence-corrected chi connectivity index (χ4v) is 4.36. The van der Waals surface area contributed by atoms with Gasteiger partial charge in [-0.2, -0.15) is 0 Å². The number of aryl methyl sites for hydroxylation is 2. The molecule has 6 rings (SSSR count). The van der Waals surface area contributed by atoms with Crippen molar-refractivity contribution in [3.8, 4) is 0 Å². The fourth-order valence-electron chi connectivity index (χ4n) is 4.36. The summed E-state index contributed by atoms with van der Waals surface area (Å²) in [6.07, 6.45) is 2.13. The minimum atomic E-state index is -0.904. The van der Waals surface area contributed by atoms with Crippen LogP contribution in [0.5, 0.6) is 0 Å². The van der Waals surface area contributed by atoms with Crippen LogP contribution in [0.25, 0.3) is 11.0 Å². The number of aromatic carboxylic acids is 1. The minimum Gasteiger partial charge on any atom is -0.478 e. The van der Waals surface area contributed by atoms with Crippen molar-refractivity contribution < 1.29 is 19.4 Å². The van der Waals surface area contributed by atoms with E-state index < -0.39 is 5.97 Å². The number of aldehydes is 1. The van der Waals surface area contributed by atoms with Crippen LogP contribution in [0.3, 0.4) is 0 Å². The SMILES string of the molecule is C1COC1.CN1CCN(Cc2nc3ccc(C(=O)O)cc3n2C)CC1.Cc1ccc(Nc2cccc(C=O)c2)cc1. The topological polar surface area (TPSA) is 99.9 Å². The highest BCUT2D eigenvalue weighted by Gasteiger charge is 2.17. The van der Waals surface area contributed by atoms with E-state index in [9.17, 15) is 9.59 Å². The molecule has 0 aliphatic carbocycles. The second-order valence-electron chi connectivity index (χ2n) is 10.4. The van der Waals surface area contributed by atoms with Crippen molar-refractivity contribution in [3.63, 3.8) is 0 Å². The molecule has 2 aliphatic rings. The van der Waals surface area contributed by atoms with Gasteiger partial charge in [0.1, 0.15) is 12.1 Å². The van der Waals surface area contributed by atoms with Crippen molar-refractivity contribution in [3.05, 3.63) is 89.2 Å². The molecule has 0 saturated carbocycles. The Balaban J connectivity index is 0.000000171. The number of benzene rings is 3. The van der Waals surface area contributed by atoms with Gasteiger partial charge in [-0.05, 0) is 62.9 Å². The lowest BCUT2D eigenvalue weighted by Crippen LogP contribution is -2.44. The van der Waals surface area contributed by atoms with E-state index in [1.165, 1.54) is 12.0 Å². The van der Waals surface area contributed by atoms with Gasteiger partial charge in [-0.15, -0.1) is 0 Å². The van der Waals surface area contributed by atoms with Crippen LogP contribution in [0.15, 0.2) is 66.7 Å². The van der Waals surface area contributed by atoms with E-state index in [1.54, 1.807) is 24.3 Å². The number of aromatic nitrogens is 2. The maximum Gasteiger partial charge on any atom is 0.335 e. The van der Waals surface area contributed by atoms with Gasteiger partial charge in [0.15, 0.2) is 0 Å². The Morgan fingerprint density at radius 3 is 2.27 bits per heavy atom. The molecule has 2 aliphatic heterocycles. The Labute approximate surface area is 241 Å². The molecule has 2 saturated heterocycles. The third-order valence-electron chi connectivity index (χ3n) is 7.12. The monoisotopic (exact) mass is 557 g/mol. The maximum absolute atomic E-state index is 11.1. The number of imidazole rings is 1. The van der Waals surface area contributed by atoms with E-state index >= 15 is 0 Å². The number of fused-ring (bicyclic) bond motifs is 1. The van der Waals surface area contributed by atoms with E-state index in [0.717, 1.165) is 80.5 Å². The predicted molar refractivity (Wildman–Crippen MR) is 162 cm³/mol. The molecule has 0 atom stereocenters. The average molecular weight is 558 g/mol. The van der Waals surface area contributed by atoms with E-state index in [4.69, 9.17) is 9.84 Å². The molecule has 0 spiro atoms. The van der Waals surface area contributed by atoms with E-state index in [2.05, 4.69) is 34.1 Å². The first-order chi connectivity index (χ1) is 19.8. The van der Waals surface area contributed by atoms with Crippen molar-refractivity contribution in [1.29, 1.82) is 0 Å². The van der Waals surface area contributed by atoms with Gasteiger partial charge in [-0.3, -0.25) is 9.69 Å². The standard InChI is InChI=1S/C15H20N4O2.C14H13NO.C3H6O/c1-17-5-7-19(8-6-17)10-14-16-12-4-3-11(15(20)21)9-13(12)18(14)2;1-11-5-7-13(8-6-11)15-14-4-2-3-12(9-14)10-16;1-2-4-3-1/h3-4,9H,5-8,10H2,1-2H3,(H,20,21);2-10,15H,1H3;1-3H2. The van der Waals surface area contributed by atoms with Crippen molar-refractivity contribution in [2.24, 2.45) is 7.05 Å². The van der Waals surface area contributed by atoms with E-state index in [-0.39, 0.29) is 0 Å². The number of nitrogens with zero attached hydrogens (tertiary/aromatic N) is 4. The Bertz CT molecular complexity index is 1430. The van der Waals surface area contributed by atoms with Crippen LogP contribution in [0.1, 0.15) is 38.5 Å². The molecule has 3 heterocycles. The smallest absolute Gasteiger partial charge is 0.335 e. The van der Waals surface area contributed by atoms with Crippen LogP contribution < -0.4 is 5.32 Å². The molecular weight excluding hydrogens is 518 g/mol. The lowest BCUT2D eigenvalue weighted by atomic mass is 10.2.